The number of hydrogen-bond donors (Lipinski definition) is 0. The molecule has 27 heavy (non-hydrogen) atoms. The Bertz CT molecular complexity index is 1230. The van der Waals surface area contributed by atoms with E-state index in [4.69, 9.17) is 23.2 Å². The first-order chi connectivity index (χ1) is 13.0. The lowest BCUT2D eigenvalue weighted by molar-refractivity contribution is 0.743. The van der Waals surface area contributed by atoms with E-state index in [9.17, 15) is 4.79 Å². The standard InChI is InChI=1S/C20H14Cl2N4O/c1-13-9-19-24-16(6-4-14-3-2-8-23-12-14)11-20(27)26(19)25(13)18-7-5-15(21)10-17(18)22/h2-12H,1H3. The van der Waals surface area contributed by atoms with Gasteiger partial charge in [-0.1, -0.05) is 35.3 Å². The summed E-state index contributed by atoms with van der Waals surface area (Å²) in [5.74, 6) is 0. The van der Waals surface area contributed by atoms with Crippen molar-refractivity contribution >= 4 is 41.0 Å². The Morgan fingerprint density at radius 1 is 1.07 bits per heavy atom. The molecule has 4 aromatic rings. The van der Waals surface area contributed by atoms with Gasteiger partial charge in [0.15, 0.2) is 5.65 Å². The van der Waals surface area contributed by atoms with Gasteiger partial charge in [0.25, 0.3) is 5.56 Å². The summed E-state index contributed by atoms with van der Waals surface area (Å²) in [6.45, 7) is 1.89. The molecular formula is C20H14Cl2N4O. The van der Waals surface area contributed by atoms with Gasteiger partial charge in [-0.05, 0) is 42.8 Å². The molecule has 0 atom stereocenters. The van der Waals surface area contributed by atoms with E-state index in [0.29, 0.717) is 27.1 Å². The van der Waals surface area contributed by atoms with E-state index < -0.39 is 0 Å². The SMILES string of the molecule is Cc1cc2nc(C=Cc3cccnc3)cc(=O)n2n1-c1ccc(Cl)cc1Cl. The second kappa shape index (κ2) is 7.02. The Morgan fingerprint density at radius 2 is 1.93 bits per heavy atom. The van der Waals surface area contributed by atoms with Gasteiger partial charge in [-0.2, -0.15) is 4.52 Å². The lowest BCUT2D eigenvalue weighted by Crippen LogP contribution is -2.21. The van der Waals surface area contributed by atoms with Crippen LogP contribution < -0.4 is 5.56 Å². The third kappa shape index (κ3) is 3.39. The van der Waals surface area contributed by atoms with Crippen LogP contribution in [-0.4, -0.2) is 19.2 Å². The normalized spacial score (nSPS) is 11.5. The zero-order valence-corrected chi connectivity index (χ0v) is 15.8. The van der Waals surface area contributed by atoms with E-state index in [1.54, 1.807) is 41.4 Å². The van der Waals surface area contributed by atoms with Crippen molar-refractivity contribution in [2.45, 2.75) is 6.92 Å². The maximum atomic E-state index is 12.8. The number of fused-ring (bicyclic) bond motifs is 1. The molecule has 0 bridgehead atoms. The molecule has 0 unspecified atom stereocenters. The van der Waals surface area contributed by atoms with E-state index >= 15 is 0 Å². The number of pyridine rings is 1. The second-order valence-corrected chi connectivity index (χ2v) is 6.85. The number of rotatable bonds is 3. The summed E-state index contributed by atoms with van der Waals surface area (Å²) in [6, 6.07) is 12.3. The van der Waals surface area contributed by atoms with Crippen LogP contribution in [0.4, 0.5) is 0 Å². The molecule has 7 heteroatoms. The van der Waals surface area contributed by atoms with Gasteiger partial charge in [-0.15, -0.1) is 0 Å². The quantitative estimate of drug-likeness (QED) is 0.505. The van der Waals surface area contributed by atoms with Crippen LogP contribution >= 0.6 is 23.2 Å². The third-order valence-electron chi connectivity index (χ3n) is 4.08. The Balaban J connectivity index is 1.84. The van der Waals surface area contributed by atoms with E-state index in [0.717, 1.165) is 11.3 Å². The average molecular weight is 397 g/mol. The first kappa shape index (κ1) is 17.5. The molecule has 4 rings (SSSR count). The minimum Gasteiger partial charge on any atom is -0.267 e. The Kier molecular flexibility index (Phi) is 4.56. The third-order valence-corrected chi connectivity index (χ3v) is 4.62. The first-order valence-corrected chi connectivity index (χ1v) is 8.94. The molecule has 0 aliphatic heterocycles. The van der Waals surface area contributed by atoms with Crippen molar-refractivity contribution in [1.82, 2.24) is 19.2 Å². The van der Waals surface area contributed by atoms with Gasteiger partial charge in [-0.25, -0.2) is 9.67 Å². The summed E-state index contributed by atoms with van der Waals surface area (Å²) in [6.07, 6.45) is 7.11. The highest BCUT2D eigenvalue weighted by Crippen LogP contribution is 2.26. The number of aryl methyl sites for hydroxylation is 1. The van der Waals surface area contributed by atoms with Crippen LogP contribution in [0.2, 0.25) is 10.0 Å². The van der Waals surface area contributed by atoms with Gasteiger partial charge in [-0.3, -0.25) is 9.78 Å². The molecule has 3 heterocycles. The molecule has 0 spiro atoms. The summed E-state index contributed by atoms with van der Waals surface area (Å²) in [7, 11) is 0. The van der Waals surface area contributed by atoms with Crippen molar-refractivity contribution in [1.29, 1.82) is 0 Å². The summed E-state index contributed by atoms with van der Waals surface area (Å²) in [5, 5.41) is 0.988. The largest absolute Gasteiger partial charge is 0.273 e. The Morgan fingerprint density at radius 3 is 2.67 bits per heavy atom. The molecule has 1 aromatic carbocycles. The number of aromatic nitrogens is 4. The average Bonchev–Trinajstić information content (AvgIpc) is 2.97. The highest BCUT2D eigenvalue weighted by molar-refractivity contribution is 6.35. The van der Waals surface area contributed by atoms with E-state index in [2.05, 4.69) is 9.97 Å². The molecule has 5 nitrogen and oxygen atoms in total. The predicted molar refractivity (Wildman–Crippen MR) is 109 cm³/mol. The first-order valence-electron chi connectivity index (χ1n) is 8.19. The Hall–Kier alpha value is -2.89. The van der Waals surface area contributed by atoms with Crippen LogP contribution in [0.1, 0.15) is 17.0 Å². The lowest BCUT2D eigenvalue weighted by Gasteiger charge is -2.11. The highest BCUT2D eigenvalue weighted by atomic mass is 35.5. The van der Waals surface area contributed by atoms with Gasteiger partial charge in [0.2, 0.25) is 0 Å². The molecule has 0 radical (unpaired) electrons. The van der Waals surface area contributed by atoms with Crippen LogP contribution in [0, 0.1) is 6.92 Å². The van der Waals surface area contributed by atoms with Gasteiger partial charge in [0.05, 0.1) is 16.4 Å². The molecule has 0 saturated carbocycles. The number of halogens is 2. The smallest absolute Gasteiger partial charge is 0.267 e. The van der Waals surface area contributed by atoms with Crippen molar-refractivity contribution in [2.24, 2.45) is 0 Å². The monoisotopic (exact) mass is 396 g/mol. The van der Waals surface area contributed by atoms with E-state index in [1.165, 1.54) is 10.6 Å². The fraction of sp³-hybridized carbons (Fsp3) is 0.0500. The van der Waals surface area contributed by atoms with Gasteiger partial charge >= 0.3 is 0 Å². The molecule has 0 amide bonds. The van der Waals surface area contributed by atoms with Crippen LogP contribution in [-0.2, 0) is 0 Å². The number of hydrogen-bond acceptors (Lipinski definition) is 3. The Labute approximate surface area is 165 Å². The van der Waals surface area contributed by atoms with Crippen LogP contribution in [0.25, 0.3) is 23.5 Å². The number of nitrogens with zero attached hydrogens (tertiary/aromatic N) is 4. The van der Waals surface area contributed by atoms with Gasteiger partial charge < -0.3 is 0 Å². The molecular weight excluding hydrogens is 383 g/mol. The fourth-order valence-electron chi connectivity index (χ4n) is 2.90. The second-order valence-electron chi connectivity index (χ2n) is 6.00. The highest BCUT2D eigenvalue weighted by Gasteiger charge is 2.13. The summed E-state index contributed by atoms with van der Waals surface area (Å²) in [4.78, 5) is 21.4. The van der Waals surface area contributed by atoms with E-state index in [1.807, 2.05) is 31.2 Å². The predicted octanol–water partition coefficient (Wildman–Crippen LogP) is 4.67. The fourth-order valence-corrected chi connectivity index (χ4v) is 3.39. The zero-order valence-electron chi connectivity index (χ0n) is 14.3. The topological polar surface area (TPSA) is 52.2 Å². The van der Waals surface area contributed by atoms with Crippen LogP contribution in [0.15, 0.2) is 59.7 Å². The van der Waals surface area contributed by atoms with Crippen molar-refractivity contribution in [2.75, 3.05) is 0 Å². The molecule has 0 saturated heterocycles. The van der Waals surface area contributed by atoms with Crippen LogP contribution in [0.5, 0.6) is 0 Å². The molecule has 0 aliphatic rings. The maximum absolute atomic E-state index is 12.8. The van der Waals surface area contributed by atoms with Gasteiger partial charge in [0.1, 0.15) is 0 Å². The maximum Gasteiger partial charge on any atom is 0.273 e. The molecule has 3 aromatic heterocycles. The van der Waals surface area contributed by atoms with Crippen molar-refractivity contribution in [3.63, 3.8) is 0 Å². The lowest BCUT2D eigenvalue weighted by atomic mass is 10.2. The molecule has 0 fully saturated rings. The van der Waals surface area contributed by atoms with Crippen molar-refractivity contribution < 1.29 is 0 Å². The van der Waals surface area contributed by atoms with Gasteiger partial charge in [0, 0.05) is 35.2 Å². The summed E-state index contributed by atoms with van der Waals surface area (Å²) >= 11 is 12.3. The van der Waals surface area contributed by atoms with Crippen LogP contribution in [0.3, 0.4) is 0 Å². The number of benzene rings is 1. The molecule has 0 aliphatic carbocycles. The van der Waals surface area contributed by atoms with Crippen molar-refractivity contribution in [3.05, 3.63) is 92.2 Å². The van der Waals surface area contributed by atoms with Crippen molar-refractivity contribution in [3.8, 4) is 5.69 Å². The zero-order chi connectivity index (χ0) is 19.0. The minimum atomic E-state index is -0.204. The summed E-state index contributed by atoms with van der Waals surface area (Å²) < 4.78 is 3.23. The van der Waals surface area contributed by atoms with E-state index in [-0.39, 0.29) is 5.56 Å². The molecule has 0 N–H and O–H groups in total. The molecule has 134 valence electrons. The summed E-state index contributed by atoms with van der Waals surface area (Å²) in [5.41, 5.74) is 3.33. The minimum absolute atomic E-state index is 0.204.